The lowest BCUT2D eigenvalue weighted by atomic mass is 10.1. The van der Waals surface area contributed by atoms with Crippen LogP contribution in [0.1, 0.15) is 26.5 Å². The van der Waals surface area contributed by atoms with Gasteiger partial charge in [0.15, 0.2) is 0 Å². The van der Waals surface area contributed by atoms with Gasteiger partial charge in [-0.2, -0.15) is 5.10 Å². The summed E-state index contributed by atoms with van der Waals surface area (Å²) in [4.78, 5) is 24.1. The second-order valence-electron chi connectivity index (χ2n) is 5.25. The summed E-state index contributed by atoms with van der Waals surface area (Å²) < 4.78 is 5.07. The van der Waals surface area contributed by atoms with Crippen molar-refractivity contribution in [2.75, 3.05) is 5.32 Å². The first-order valence-corrected chi connectivity index (χ1v) is 8.03. The quantitative estimate of drug-likeness (QED) is 0.529. The second kappa shape index (κ2) is 8.13. The van der Waals surface area contributed by atoms with Crippen molar-refractivity contribution >= 4 is 35.3 Å². The lowest BCUT2D eigenvalue weighted by molar-refractivity contribution is 0.0954. The summed E-state index contributed by atoms with van der Waals surface area (Å²) in [5.41, 5.74) is 3.87. The number of furan rings is 1. The van der Waals surface area contributed by atoms with Gasteiger partial charge in [0, 0.05) is 21.8 Å². The number of hydrogen-bond donors (Lipinski definition) is 2. The molecule has 1 heterocycles. The molecule has 2 N–H and O–H groups in total. The Morgan fingerprint density at radius 2 is 1.58 bits per heavy atom. The summed E-state index contributed by atoms with van der Waals surface area (Å²) in [6.45, 7) is 0. The molecule has 0 aliphatic carbocycles. The van der Waals surface area contributed by atoms with Crippen LogP contribution in [0, 0.1) is 0 Å². The predicted molar refractivity (Wildman–Crippen MR) is 99.6 cm³/mol. The van der Waals surface area contributed by atoms with Gasteiger partial charge in [-0.3, -0.25) is 9.59 Å². The monoisotopic (exact) mass is 367 g/mol. The Labute approximate surface area is 154 Å². The summed E-state index contributed by atoms with van der Waals surface area (Å²) >= 11 is 5.80. The number of hydrazone groups is 1. The van der Waals surface area contributed by atoms with E-state index in [0.29, 0.717) is 27.6 Å². The molecule has 0 fully saturated rings. The number of carbonyl (C=O) groups excluding carboxylic acids is 2. The molecule has 1 aromatic heterocycles. The van der Waals surface area contributed by atoms with Gasteiger partial charge in [0.25, 0.3) is 11.8 Å². The molecule has 7 heteroatoms. The van der Waals surface area contributed by atoms with E-state index in [-0.39, 0.29) is 11.8 Å². The van der Waals surface area contributed by atoms with Gasteiger partial charge in [0.2, 0.25) is 0 Å². The average molecular weight is 368 g/mol. The van der Waals surface area contributed by atoms with Crippen molar-refractivity contribution in [3.8, 4) is 0 Å². The topological polar surface area (TPSA) is 83.7 Å². The van der Waals surface area contributed by atoms with E-state index in [2.05, 4.69) is 15.8 Å². The fourth-order valence-electron chi connectivity index (χ4n) is 2.09. The van der Waals surface area contributed by atoms with Gasteiger partial charge in [-0.05, 0) is 60.7 Å². The fourth-order valence-corrected chi connectivity index (χ4v) is 2.22. The Balaban J connectivity index is 1.58. The third-order valence-corrected chi connectivity index (χ3v) is 3.66. The molecule has 130 valence electrons. The molecule has 0 saturated heterocycles. The van der Waals surface area contributed by atoms with E-state index in [4.69, 9.17) is 16.0 Å². The van der Waals surface area contributed by atoms with Gasteiger partial charge < -0.3 is 9.73 Å². The Kier molecular flexibility index (Phi) is 5.46. The van der Waals surface area contributed by atoms with Crippen LogP contribution < -0.4 is 10.7 Å². The maximum atomic E-state index is 12.1. The SMILES string of the molecule is O=C(N/N=C\c1ccco1)c1ccc(NC(=O)c2ccc(Cl)cc2)cc1. The van der Waals surface area contributed by atoms with E-state index in [0.717, 1.165) is 0 Å². The van der Waals surface area contributed by atoms with Crippen LogP contribution in [0.4, 0.5) is 5.69 Å². The zero-order valence-electron chi connectivity index (χ0n) is 13.5. The lowest BCUT2D eigenvalue weighted by Gasteiger charge is -2.06. The van der Waals surface area contributed by atoms with Crippen molar-refractivity contribution in [3.05, 3.63) is 88.8 Å². The highest BCUT2D eigenvalue weighted by Crippen LogP contribution is 2.13. The van der Waals surface area contributed by atoms with E-state index in [1.165, 1.54) is 12.5 Å². The predicted octanol–water partition coefficient (Wildman–Crippen LogP) is 3.95. The molecule has 0 atom stereocenters. The molecule has 0 aliphatic rings. The van der Waals surface area contributed by atoms with E-state index < -0.39 is 0 Å². The highest BCUT2D eigenvalue weighted by Gasteiger charge is 2.08. The molecule has 0 unspecified atom stereocenters. The number of benzene rings is 2. The van der Waals surface area contributed by atoms with Crippen molar-refractivity contribution in [1.82, 2.24) is 5.43 Å². The van der Waals surface area contributed by atoms with Crippen LogP contribution in [-0.2, 0) is 0 Å². The molecule has 0 radical (unpaired) electrons. The molecule has 6 nitrogen and oxygen atoms in total. The van der Waals surface area contributed by atoms with Crippen molar-refractivity contribution in [1.29, 1.82) is 0 Å². The van der Waals surface area contributed by atoms with E-state index in [1.807, 2.05) is 0 Å². The molecule has 0 spiro atoms. The van der Waals surface area contributed by atoms with Gasteiger partial charge in [0.05, 0.1) is 12.5 Å². The van der Waals surface area contributed by atoms with E-state index in [9.17, 15) is 9.59 Å². The molecule has 26 heavy (non-hydrogen) atoms. The maximum Gasteiger partial charge on any atom is 0.271 e. The zero-order valence-corrected chi connectivity index (χ0v) is 14.2. The first-order valence-electron chi connectivity index (χ1n) is 7.66. The average Bonchev–Trinajstić information content (AvgIpc) is 3.16. The van der Waals surface area contributed by atoms with Gasteiger partial charge in [0.1, 0.15) is 5.76 Å². The van der Waals surface area contributed by atoms with Crippen LogP contribution in [0.25, 0.3) is 0 Å². The first kappa shape index (κ1) is 17.4. The number of nitrogens with one attached hydrogen (secondary N) is 2. The molecular weight excluding hydrogens is 354 g/mol. The largest absolute Gasteiger partial charge is 0.463 e. The summed E-state index contributed by atoms with van der Waals surface area (Å²) in [6.07, 6.45) is 2.92. The first-order chi connectivity index (χ1) is 12.6. The normalized spacial score (nSPS) is 10.7. The molecule has 0 aliphatic heterocycles. The number of hydrogen-bond acceptors (Lipinski definition) is 4. The third-order valence-electron chi connectivity index (χ3n) is 3.41. The Morgan fingerprint density at radius 1 is 0.923 bits per heavy atom. The highest BCUT2D eigenvalue weighted by molar-refractivity contribution is 6.30. The van der Waals surface area contributed by atoms with Gasteiger partial charge in [-0.15, -0.1) is 0 Å². The van der Waals surface area contributed by atoms with Gasteiger partial charge >= 0.3 is 0 Å². The van der Waals surface area contributed by atoms with Crippen LogP contribution in [0.15, 0.2) is 76.4 Å². The number of carbonyl (C=O) groups is 2. The minimum Gasteiger partial charge on any atom is -0.463 e. The minimum absolute atomic E-state index is 0.262. The summed E-state index contributed by atoms with van der Waals surface area (Å²) in [5, 5.41) is 7.12. The Hall–Kier alpha value is -3.38. The Bertz CT molecular complexity index is 918. The molecular formula is C19H14ClN3O3. The number of rotatable bonds is 5. The number of halogens is 1. The molecule has 2 amide bonds. The highest BCUT2D eigenvalue weighted by atomic mass is 35.5. The molecule has 3 aromatic rings. The molecule has 3 rings (SSSR count). The van der Waals surface area contributed by atoms with Crippen molar-refractivity contribution in [2.45, 2.75) is 0 Å². The second-order valence-corrected chi connectivity index (χ2v) is 5.69. The zero-order chi connectivity index (χ0) is 18.4. The molecule has 2 aromatic carbocycles. The third kappa shape index (κ3) is 4.58. The van der Waals surface area contributed by atoms with Crippen LogP contribution in [0.5, 0.6) is 0 Å². The number of amides is 2. The molecule has 0 saturated carbocycles. The van der Waals surface area contributed by atoms with Gasteiger partial charge in [-0.1, -0.05) is 11.6 Å². The van der Waals surface area contributed by atoms with Crippen molar-refractivity contribution in [2.24, 2.45) is 5.10 Å². The molecule has 0 bridgehead atoms. The van der Waals surface area contributed by atoms with Crippen LogP contribution >= 0.6 is 11.6 Å². The van der Waals surface area contributed by atoms with E-state index in [1.54, 1.807) is 60.7 Å². The van der Waals surface area contributed by atoms with E-state index >= 15 is 0 Å². The number of nitrogens with zero attached hydrogens (tertiary/aromatic N) is 1. The fraction of sp³-hybridized carbons (Fsp3) is 0. The standard InChI is InChI=1S/C19H14ClN3O3/c20-15-7-3-13(4-8-15)18(24)22-16-9-5-14(6-10-16)19(25)23-21-12-17-2-1-11-26-17/h1-12H,(H,22,24)(H,23,25)/b21-12-. The Morgan fingerprint density at radius 3 is 2.23 bits per heavy atom. The van der Waals surface area contributed by atoms with Crippen LogP contribution in [-0.4, -0.2) is 18.0 Å². The summed E-state index contributed by atoms with van der Waals surface area (Å²) in [6, 6.07) is 16.5. The van der Waals surface area contributed by atoms with Gasteiger partial charge in [-0.25, -0.2) is 5.43 Å². The smallest absolute Gasteiger partial charge is 0.271 e. The lowest BCUT2D eigenvalue weighted by Crippen LogP contribution is -2.17. The summed E-state index contributed by atoms with van der Waals surface area (Å²) in [5.74, 6) is -0.101. The van der Waals surface area contributed by atoms with Crippen LogP contribution in [0.3, 0.4) is 0 Å². The maximum absolute atomic E-state index is 12.1. The van der Waals surface area contributed by atoms with Crippen molar-refractivity contribution < 1.29 is 14.0 Å². The summed E-state index contributed by atoms with van der Waals surface area (Å²) in [7, 11) is 0. The minimum atomic E-state index is -0.372. The number of anilines is 1. The van der Waals surface area contributed by atoms with Crippen molar-refractivity contribution in [3.63, 3.8) is 0 Å². The van der Waals surface area contributed by atoms with Crippen LogP contribution in [0.2, 0.25) is 5.02 Å².